The number of amidine groups is 1. The van der Waals surface area contributed by atoms with E-state index in [1.807, 2.05) is 43.8 Å². The highest BCUT2D eigenvalue weighted by Crippen LogP contribution is 2.36. The number of aliphatic imine (C=N–C) groups is 1. The highest BCUT2D eigenvalue weighted by atomic mass is 32.2. The third-order valence-corrected chi connectivity index (χ3v) is 4.91. The van der Waals surface area contributed by atoms with E-state index in [9.17, 15) is 4.79 Å². The summed E-state index contributed by atoms with van der Waals surface area (Å²) in [4.78, 5) is 17.2. The molecule has 0 bridgehead atoms. The molecule has 1 amide bonds. The summed E-state index contributed by atoms with van der Waals surface area (Å²) >= 11 is 1.13. The molecule has 1 N–H and O–H groups in total. The first-order valence-corrected chi connectivity index (χ1v) is 8.52. The Labute approximate surface area is 148 Å². The number of carbonyl (C=O) groups is 1. The van der Waals surface area contributed by atoms with Crippen molar-refractivity contribution in [1.29, 1.82) is 0 Å². The van der Waals surface area contributed by atoms with E-state index in [2.05, 4.69) is 15.4 Å². The predicted molar refractivity (Wildman–Crippen MR) is 96.4 cm³/mol. The first-order valence-electron chi connectivity index (χ1n) is 7.70. The third-order valence-electron chi connectivity index (χ3n) is 4.09. The van der Waals surface area contributed by atoms with Gasteiger partial charge in [-0.25, -0.2) is 4.99 Å². The van der Waals surface area contributed by atoms with Gasteiger partial charge in [-0.1, -0.05) is 0 Å². The number of aryl methyl sites for hydroxylation is 2. The van der Waals surface area contributed by atoms with Gasteiger partial charge >= 0.3 is 0 Å². The van der Waals surface area contributed by atoms with Crippen LogP contribution in [0.15, 0.2) is 28.1 Å². The molecule has 3 heterocycles. The van der Waals surface area contributed by atoms with Crippen LogP contribution in [0.1, 0.15) is 17.0 Å². The number of amides is 1. The van der Waals surface area contributed by atoms with Crippen molar-refractivity contribution in [1.82, 2.24) is 15.1 Å². The standard InChI is InChI=1S/C17H16N4O3S/c1-9-12(10(2)21(3)20-9)7-15-16(19-17(22)25-15)18-11-4-5-13-14(6-11)24-8-23-13/h4-7H,8H2,1-3H3,(H,18,19,22)/b15-7-. The maximum absolute atomic E-state index is 11.9. The Balaban J connectivity index is 1.72. The number of rotatable bonds is 2. The lowest BCUT2D eigenvalue weighted by Crippen LogP contribution is -2.18. The van der Waals surface area contributed by atoms with E-state index in [0.29, 0.717) is 23.0 Å². The normalized spacial score (nSPS) is 19.1. The fourth-order valence-corrected chi connectivity index (χ4v) is 3.44. The Morgan fingerprint density at radius 3 is 2.88 bits per heavy atom. The molecule has 1 fully saturated rings. The second-order valence-electron chi connectivity index (χ2n) is 5.73. The molecule has 0 unspecified atom stereocenters. The second kappa shape index (κ2) is 5.96. The fourth-order valence-electron chi connectivity index (χ4n) is 2.73. The second-order valence-corrected chi connectivity index (χ2v) is 6.74. The van der Waals surface area contributed by atoms with Crippen LogP contribution in [0.4, 0.5) is 10.5 Å². The zero-order valence-corrected chi connectivity index (χ0v) is 14.8. The molecular weight excluding hydrogens is 340 g/mol. The first-order chi connectivity index (χ1) is 12.0. The van der Waals surface area contributed by atoms with Crippen molar-refractivity contribution in [3.63, 3.8) is 0 Å². The van der Waals surface area contributed by atoms with Crippen molar-refractivity contribution in [3.05, 3.63) is 40.1 Å². The van der Waals surface area contributed by atoms with Crippen LogP contribution in [-0.4, -0.2) is 27.6 Å². The van der Waals surface area contributed by atoms with Gasteiger partial charge in [0.05, 0.1) is 16.3 Å². The average molecular weight is 356 g/mol. The van der Waals surface area contributed by atoms with Crippen molar-refractivity contribution < 1.29 is 14.3 Å². The molecule has 2 aromatic rings. The number of nitrogens with one attached hydrogen (secondary N) is 1. The van der Waals surface area contributed by atoms with Crippen LogP contribution in [0.3, 0.4) is 0 Å². The number of nitrogens with zero attached hydrogens (tertiary/aromatic N) is 3. The number of carbonyl (C=O) groups excluding carboxylic acids is 1. The van der Waals surface area contributed by atoms with Gasteiger partial charge in [0.1, 0.15) is 5.84 Å². The Kier molecular flexibility index (Phi) is 3.76. The Bertz CT molecular complexity index is 946. The van der Waals surface area contributed by atoms with Gasteiger partial charge in [-0.05, 0) is 43.8 Å². The van der Waals surface area contributed by atoms with Gasteiger partial charge in [0, 0.05) is 24.4 Å². The highest BCUT2D eigenvalue weighted by Gasteiger charge is 2.25. The molecule has 4 rings (SSSR count). The molecule has 0 aliphatic carbocycles. The number of fused-ring (bicyclic) bond motifs is 1. The van der Waals surface area contributed by atoms with Crippen molar-refractivity contribution in [2.24, 2.45) is 12.0 Å². The lowest BCUT2D eigenvalue weighted by Gasteiger charge is -2.02. The molecule has 1 saturated heterocycles. The molecule has 0 radical (unpaired) electrons. The molecule has 0 saturated carbocycles. The summed E-state index contributed by atoms with van der Waals surface area (Å²) in [7, 11) is 1.90. The number of hydrogen-bond acceptors (Lipinski definition) is 6. The van der Waals surface area contributed by atoms with Crippen molar-refractivity contribution >= 4 is 34.6 Å². The fraction of sp³-hybridized carbons (Fsp3) is 0.235. The summed E-state index contributed by atoms with van der Waals surface area (Å²) in [5.41, 5.74) is 3.63. The zero-order chi connectivity index (χ0) is 17.6. The molecule has 128 valence electrons. The molecule has 1 aromatic heterocycles. The molecule has 7 nitrogen and oxygen atoms in total. The summed E-state index contributed by atoms with van der Waals surface area (Å²) in [5, 5.41) is 7.05. The summed E-state index contributed by atoms with van der Waals surface area (Å²) < 4.78 is 12.5. The van der Waals surface area contributed by atoms with Crippen LogP contribution in [0, 0.1) is 13.8 Å². The molecule has 8 heteroatoms. The smallest absolute Gasteiger partial charge is 0.289 e. The summed E-state index contributed by atoms with van der Waals surface area (Å²) in [6.07, 6.45) is 1.95. The summed E-state index contributed by atoms with van der Waals surface area (Å²) in [6.45, 7) is 4.16. The Morgan fingerprint density at radius 1 is 1.32 bits per heavy atom. The van der Waals surface area contributed by atoms with E-state index in [0.717, 1.165) is 33.6 Å². The van der Waals surface area contributed by atoms with Crippen LogP contribution < -0.4 is 14.8 Å². The van der Waals surface area contributed by atoms with E-state index in [-0.39, 0.29) is 12.0 Å². The maximum Gasteiger partial charge on any atom is 0.289 e. The van der Waals surface area contributed by atoms with Gasteiger partial charge in [0.15, 0.2) is 11.5 Å². The summed E-state index contributed by atoms with van der Waals surface area (Å²) in [5.74, 6) is 1.88. The molecule has 25 heavy (non-hydrogen) atoms. The van der Waals surface area contributed by atoms with Crippen LogP contribution in [0.25, 0.3) is 6.08 Å². The van der Waals surface area contributed by atoms with Crippen molar-refractivity contribution in [3.8, 4) is 11.5 Å². The van der Waals surface area contributed by atoms with E-state index < -0.39 is 0 Å². The van der Waals surface area contributed by atoms with E-state index in [1.165, 1.54) is 0 Å². The van der Waals surface area contributed by atoms with Crippen LogP contribution >= 0.6 is 11.8 Å². The number of ether oxygens (including phenoxy) is 2. The van der Waals surface area contributed by atoms with Crippen molar-refractivity contribution in [2.75, 3.05) is 6.79 Å². The van der Waals surface area contributed by atoms with Gasteiger partial charge < -0.3 is 14.8 Å². The number of hydrogen-bond donors (Lipinski definition) is 1. The van der Waals surface area contributed by atoms with E-state index >= 15 is 0 Å². The first kappa shape index (κ1) is 15.8. The predicted octanol–water partition coefficient (Wildman–Crippen LogP) is 3.29. The lowest BCUT2D eigenvalue weighted by molar-refractivity contribution is 0.174. The third kappa shape index (κ3) is 2.89. The van der Waals surface area contributed by atoms with Crippen LogP contribution in [0.2, 0.25) is 0 Å². The Morgan fingerprint density at radius 2 is 2.12 bits per heavy atom. The maximum atomic E-state index is 11.9. The lowest BCUT2D eigenvalue weighted by atomic mass is 10.2. The average Bonchev–Trinajstić information content (AvgIpc) is 3.23. The zero-order valence-electron chi connectivity index (χ0n) is 14.0. The molecule has 1 aromatic carbocycles. The molecule has 2 aliphatic heterocycles. The van der Waals surface area contributed by atoms with Crippen molar-refractivity contribution in [2.45, 2.75) is 13.8 Å². The number of benzene rings is 1. The van der Waals surface area contributed by atoms with Gasteiger partial charge in [-0.2, -0.15) is 5.10 Å². The van der Waals surface area contributed by atoms with Gasteiger partial charge in [0.25, 0.3) is 5.24 Å². The Hall–Kier alpha value is -2.74. The topological polar surface area (TPSA) is 77.7 Å². The largest absolute Gasteiger partial charge is 0.454 e. The van der Waals surface area contributed by atoms with E-state index in [4.69, 9.17) is 9.47 Å². The number of aromatic nitrogens is 2. The minimum Gasteiger partial charge on any atom is -0.454 e. The molecule has 0 spiro atoms. The van der Waals surface area contributed by atoms with Crippen LogP contribution in [0.5, 0.6) is 11.5 Å². The molecule has 0 atom stereocenters. The molecular formula is C17H16N4O3S. The van der Waals surface area contributed by atoms with Gasteiger partial charge in [0.2, 0.25) is 6.79 Å². The van der Waals surface area contributed by atoms with Gasteiger partial charge in [-0.3, -0.25) is 9.48 Å². The minimum absolute atomic E-state index is 0.148. The number of thioether (sulfide) groups is 1. The monoisotopic (exact) mass is 356 g/mol. The summed E-state index contributed by atoms with van der Waals surface area (Å²) in [6, 6.07) is 5.43. The minimum atomic E-state index is -0.148. The SMILES string of the molecule is Cc1nn(C)c(C)c1/C=C1\SC(=O)NC1=Nc1ccc2c(c1)OCO2. The highest BCUT2D eigenvalue weighted by molar-refractivity contribution is 8.18. The van der Waals surface area contributed by atoms with E-state index in [1.54, 1.807) is 6.07 Å². The van der Waals surface area contributed by atoms with Crippen LogP contribution in [-0.2, 0) is 7.05 Å². The molecule has 2 aliphatic rings. The quantitative estimate of drug-likeness (QED) is 0.893. The van der Waals surface area contributed by atoms with Gasteiger partial charge in [-0.15, -0.1) is 0 Å².